The summed E-state index contributed by atoms with van der Waals surface area (Å²) >= 11 is 1.57. The summed E-state index contributed by atoms with van der Waals surface area (Å²) in [6.45, 7) is 3.43. The van der Waals surface area contributed by atoms with E-state index < -0.39 is 0 Å². The number of carbonyl (C=O) groups is 1. The van der Waals surface area contributed by atoms with Crippen molar-refractivity contribution in [2.75, 3.05) is 26.2 Å². The molecular formula is C19H19FN4O2S. The van der Waals surface area contributed by atoms with Gasteiger partial charge in [-0.1, -0.05) is 11.2 Å². The molecule has 1 aliphatic rings. The number of halogens is 1. The number of thiophene rings is 1. The number of hydrogen-bond donors (Lipinski definition) is 0. The fraction of sp³-hybridized carbons (Fsp3) is 0.316. The van der Waals surface area contributed by atoms with Gasteiger partial charge in [-0.2, -0.15) is 4.98 Å². The van der Waals surface area contributed by atoms with Crippen LogP contribution in [0.2, 0.25) is 0 Å². The van der Waals surface area contributed by atoms with Gasteiger partial charge in [0.15, 0.2) is 0 Å². The summed E-state index contributed by atoms with van der Waals surface area (Å²) in [5, 5.41) is 6.02. The molecule has 2 aromatic heterocycles. The topological polar surface area (TPSA) is 62.5 Å². The van der Waals surface area contributed by atoms with Crippen LogP contribution in [0, 0.1) is 5.82 Å². The number of rotatable bonds is 4. The van der Waals surface area contributed by atoms with Gasteiger partial charge in [-0.15, -0.1) is 11.3 Å². The quantitative estimate of drug-likeness (QED) is 0.689. The van der Waals surface area contributed by atoms with Crippen LogP contribution in [0.3, 0.4) is 0 Å². The minimum absolute atomic E-state index is 0.0605. The zero-order chi connectivity index (χ0) is 18.6. The predicted molar refractivity (Wildman–Crippen MR) is 99.8 cm³/mol. The third-order valence-corrected chi connectivity index (χ3v) is 5.40. The monoisotopic (exact) mass is 386 g/mol. The molecule has 0 radical (unpaired) electrons. The van der Waals surface area contributed by atoms with E-state index in [2.05, 4.69) is 15.0 Å². The first-order valence-corrected chi connectivity index (χ1v) is 9.71. The molecule has 4 rings (SSSR count). The van der Waals surface area contributed by atoms with Crippen LogP contribution in [-0.4, -0.2) is 52.0 Å². The van der Waals surface area contributed by atoms with Crippen LogP contribution in [0.4, 0.5) is 4.39 Å². The summed E-state index contributed by atoms with van der Waals surface area (Å²) in [6.07, 6.45) is 0.860. The average molecular weight is 386 g/mol. The fourth-order valence-electron chi connectivity index (χ4n) is 3.12. The molecule has 1 aliphatic heterocycles. The Bertz CT molecular complexity index is 895. The molecule has 1 amide bonds. The van der Waals surface area contributed by atoms with Gasteiger partial charge in [-0.05, 0) is 42.1 Å². The summed E-state index contributed by atoms with van der Waals surface area (Å²) in [4.78, 5) is 22.1. The van der Waals surface area contributed by atoms with E-state index >= 15 is 0 Å². The van der Waals surface area contributed by atoms with Crippen molar-refractivity contribution >= 4 is 17.2 Å². The van der Waals surface area contributed by atoms with E-state index in [0.717, 1.165) is 24.4 Å². The van der Waals surface area contributed by atoms with Gasteiger partial charge in [0.05, 0.1) is 11.4 Å². The van der Waals surface area contributed by atoms with Crippen molar-refractivity contribution in [2.45, 2.75) is 13.0 Å². The maximum Gasteiger partial charge on any atom is 0.253 e. The first-order valence-electron chi connectivity index (χ1n) is 8.83. The third kappa shape index (κ3) is 4.23. The summed E-state index contributed by atoms with van der Waals surface area (Å²) < 4.78 is 18.4. The van der Waals surface area contributed by atoms with Crippen LogP contribution in [0.15, 0.2) is 46.3 Å². The van der Waals surface area contributed by atoms with E-state index in [9.17, 15) is 9.18 Å². The van der Waals surface area contributed by atoms with Crippen molar-refractivity contribution in [3.05, 3.63) is 59.0 Å². The lowest BCUT2D eigenvalue weighted by molar-refractivity contribution is 0.0760. The highest BCUT2D eigenvalue weighted by molar-refractivity contribution is 7.13. The molecular weight excluding hydrogens is 367 g/mol. The van der Waals surface area contributed by atoms with E-state index in [4.69, 9.17) is 4.52 Å². The molecule has 1 saturated heterocycles. The zero-order valence-corrected chi connectivity index (χ0v) is 15.5. The minimum Gasteiger partial charge on any atom is -0.338 e. The van der Waals surface area contributed by atoms with E-state index in [1.54, 1.807) is 11.3 Å². The average Bonchev–Trinajstić information content (AvgIpc) is 3.31. The molecule has 27 heavy (non-hydrogen) atoms. The second-order valence-electron chi connectivity index (χ2n) is 6.42. The molecule has 0 aliphatic carbocycles. The molecule has 8 heteroatoms. The summed E-state index contributed by atoms with van der Waals surface area (Å²) in [6, 6.07) is 9.62. The normalized spacial score (nSPS) is 15.7. The van der Waals surface area contributed by atoms with Crippen LogP contribution < -0.4 is 0 Å². The Hall–Kier alpha value is -2.58. The number of carbonyl (C=O) groups excluding carboxylic acids is 1. The largest absolute Gasteiger partial charge is 0.338 e. The van der Waals surface area contributed by atoms with Gasteiger partial charge in [0.2, 0.25) is 11.7 Å². The van der Waals surface area contributed by atoms with Crippen molar-refractivity contribution in [3.8, 4) is 10.7 Å². The molecule has 0 saturated carbocycles. The minimum atomic E-state index is -0.338. The lowest BCUT2D eigenvalue weighted by Crippen LogP contribution is -2.35. The predicted octanol–water partition coefficient (Wildman–Crippen LogP) is 3.29. The van der Waals surface area contributed by atoms with E-state index in [1.165, 1.54) is 24.3 Å². The van der Waals surface area contributed by atoms with Crippen molar-refractivity contribution in [3.63, 3.8) is 0 Å². The van der Waals surface area contributed by atoms with Gasteiger partial charge < -0.3 is 9.42 Å². The maximum absolute atomic E-state index is 13.1. The Balaban J connectivity index is 1.36. The highest BCUT2D eigenvalue weighted by atomic mass is 32.1. The number of nitrogens with zero attached hydrogens (tertiary/aromatic N) is 4. The fourth-order valence-corrected chi connectivity index (χ4v) is 3.77. The highest BCUT2D eigenvalue weighted by Crippen LogP contribution is 2.21. The number of aromatic nitrogens is 2. The summed E-state index contributed by atoms with van der Waals surface area (Å²) in [5.41, 5.74) is 0.516. The van der Waals surface area contributed by atoms with Crippen LogP contribution in [0.1, 0.15) is 22.7 Å². The zero-order valence-electron chi connectivity index (χ0n) is 14.7. The van der Waals surface area contributed by atoms with Gasteiger partial charge in [0, 0.05) is 31.7 Å². The molecule has 3 heterocycles. The number of amides is 1. The Morgan fingerprint density at radius 3 is 2.78 bits per heavy atom. The van der Waals surface area contributed by atoms with Crippen LogP contribution in [-0.2, 0) is 6.54 Å². The highest BCUT2D eigenvalue weighted by Gasteiger charge is 2.22. The number of hydrogen-bond acceptors (Lipinski definition) is 6. The Morgan fingerprint density at radius 2 is 2.00 bits per heavy atom. The third-order valence-electron chi connectivity index (χ3n) is 4.54. The standard InChI is InChI=1S/C19H19FN4O2S/c20-15-6-4-14(5-7-15)19(25)24-9-2-8-23(10-11-24)13-17-21-18(22-26-17)16-3-1-12-27-16/h1,3-7,12H,2,8-11,13H2. The van der Waals surface area contributed by atoms with E-state index in [-0.39, 0.29) is 11.7 Å². The maximum atomic E-state index is 13.1. The van der Waals surface area contributed by atoms with Crippen molar-refractivity contribution in [1.29, 1.82) is 0 Å². The van der Waals surface area contributed by atoms with Gasteiger partial charge in [0.1, 0.15) is 5.82 Å². The second kappa shape index (κ2) is 7.98. The summed E-state index contributed by atoms with van der Waals surface area (Å²) in [5.74, 6) is 0.796. The Morgan fingerprint density at radius 1 is 1.15 bits per heavy atom. The molecule has 3 aromatic rings. The molecule has 0 spiro atoms. The van der Waals surface area contributed by atoms with Crippen LogP contribution in [0.5, 0.6) is 0 Å². The first kappa shape index (κ1) is 17.8. The van der Waals surface area contributed by atoms with Gasteiger partial charge >= 0.3 is 0 Å². The summed E-state index contributed by atoms with van der Waals surface area (Å²) in [7, 11) is 0. The molecule has 6 nitrogen and oxygen atoms in total. The lowest BCUT2D eigenvalue weighted by atomic mass is 10.2. The SMILES string of the molecule is O=C(c1ccc(F)cc1)N1CCCN(Cc2nc(-c3cccs3)no2)CC1. The molecule has 0 N–H and O–H groups in total. The molecule has 1 aromatic carbocycles. The van der Waals surface area contributed by atoms with Crippen LogP contribution in [0.25, 0.3) is 10.7 Å². The van der Waals surface area contributed by atoms with Crippen molar-refractivity contribution in [1.82, 2.24) is 19.9 Å². The van der Waals surface area contributed by atoms with Gasteiger partial charge in [-0.25, -0.2) is 4.39 Å². The van der Waals surface area contributed by atoms with E-state index in [1.807, 2.05) is 22.4 Å². The van der Waals surface area contributed by atoms with Gasteiger partial charge in [-0.3, -0.25) is 9.69 Å². The molecule has 0 unspecified atom stereocenters. The smallest absolute Gasteiger partial charge is 0.253 e. The number of benzene rings is 1. The Kier molecular flexibility index (Phi) is 5.26. The Labute approximate surface area is 160 Å². The van der Waals surface area contributed by atoms with Crippen LogP contribution >= 0.6 is 11.3 Å². The molecule has 1 fully saturated rings. The van der Waals surface area contributed by atoms with Gasteiger partial charge in [0.25, 0.3) is 5.91 Å². The van der Waals surface area contributed by atoms with Crippen molar-refractivity contribution in [2.24, 2.45) is 0 Å². The lowest BCUT2D eigenvalue weighted by Gasteiger charge is -2.21. The van der Waals surface area contributed by atoms with Crippen molar-refractivity contribution < 1.29 is 13.7 Å². The molecule has 0 atom stereocenters. The van der Waals surface area contributed by atoms with E-state index in [0.29, 0.717) is 36.9 Å². The molecule has 0 bridgehead atoms. The second-order valence-corrected chi connectivity index (χ2v) is 7.37. The first-order chi connectivity index (χ1) is 13.2. The molecule has 140 valence electrons.